The van der Waals surface area contributed by atoms with E-state index in [2.05, 4.69) is 33.6 Å². The lowest BCUT2D eigenvalue weighted by Crippen LogP contribution is -2.51. The summed E-state index contributed by atoms with van der Waals surface area (Å²) in [6.07, 6.45) is 6.24. The van der Waals surface area contributed by atoms with Crippen LogP contribution in [0.3, 0.4) is 0 Å². The molecule has 2 aliphatic heterocycles. The molecule has 10 nitrogen and oxygen atoms in total. The summed E-state index contributed by atoms with van der Waals surface area (Å²) in [7, 11) is -1.22. The third-order valence-electron chi connectivity index (χ3n) is 11.6. The fraction of sp³-hybridized carbons (Fsp3) is 0.463. The van der Waals surface area contributed by atoms with E-state index in [0.29, 0.717) is 38.6 Å². The molecule has 0 bridgehead atoms. The molecule has 2 amide bonds. The van der Waals surface area contributed by atoms with E-state index in [1.807, 2.05) is 55.1 Å². The van der Waals surface area contributed by atoms with Crippen molar-refractivity contribution in [3.8, 4) is 17.0 Å². The predicted molar refractivity (Wildman–Crippen MR) is 200 cm³/mol. The molecular formula is C41H48N4O6S. The smallest absolute Gasteiger partial charge is 0.303 e. The first kappa shape index (κ1) is 34.9. The Morgan fingerprint density at radius 2 is 1.69 bits per heavy atom. The Labute approximate surface area is 306 Å². The van der Waals surface area contributed by atoms with E-state index in [9.17, 15) is 18.0 Å². The van der Waals surface area contributed by atoms with Crippen molar-refractivity contribution in [2.75, 3.05) is 27.2 Å². The number of hydrogen-bond acceptors (Lipinski definition) is 6. The quantitative estimate of drug-likeness (QED) is 0.220. The summed E-state index contributed by atoms with van der Waals surface area (Å²) in [5.74, 6) is 0.543. The van der Waals surface area contributed by atoms with Gasteiger partial charge in [-0.05, 0) is 86.1 Å². The summed E-state index contributed by atoms with van der Waals surface area (Å²) in [5.41, 5.74) is 6.11. The van der Waals surface area contributed by atoms with Crippen molar-refractivity contribution < 1.29 is 27.5 Å². The molecule has 3 aromatic carbocycles. The molecule has 3 heterocycles. The van der Waals surface area contributed by atoms with E-state index >= 15 is 0 Å². The van der Waals surface area contributed by atoms with Gasteiger partial charge in [0.1, 0.15) is 12.4 Å². The number of benzene rings is 3. The second-order valence-corrected chi connectivity index (χ2v) is 17.4. The third-order valence-corrected chi connectivity index (χ3v) is 13.0. The van der Waals surface area contributed by atoms with E-state index in [0.717, 1.165) is 69.0 Å². The zero-order valence-corrected chi connectivity index (χ0v) is 31.2. The maximum Gasteiger partial charge on any atom is 0.303 e. The summed E-state index contributed by atoms with van der Waals surface area (Å²) in [6.45, 7) is 6.04. The first-order chi connectivity index (χ1) is 24.9. The van der Waals surface area contributed by atoms with E-state index < -0.39 is 21.5 Å². The fourth-order valence-corrected chi connectivity index (χ4v) is 9.59. The van der Waals surface area contributed by atoms with E-state index in [4.69, 9.17) is 9.47 Å². The Balaban J connectivity index is 1.29. The molecule has 52 heavy (non-hydrogen) atoms. The van der Waals surface area contributed by atoms with Crippen LogP contribution in [0.15, 0.2) is 66.7 Å². The van der Waals surface area contributed by atoms with Crippen LogP contribution in [0.2, 0.25) is 0 Å². The molecule has 0 radical (unpaired) electrons. The number of amides is 2. The predicted octanol–water partition coefficient (Wildman–Crippen LogP) is 6.59. The molecule has 1 saturated heterocycles. The maximum absolute atomic E-state index is 14.9. The first-order valence-corrected chi connectivity index (χ1v) is 20.1. The van der Waals surface area contributed by atoms with Crippen molar-refractivity contribution in [1.82, 2.24) is 18.5 Å². The molecule has 2 saturated carbocycles. The van der Waals surface area contributed by atoms with Crippen LogP contribution < -0.4 is 9.46 Å². The highest BCUT2D eigenvalue weighted by molar-refractivity contribution is 7.87. The largest absolute Gasteiger partial charge is 0.489 e. The van der Waals surface area contributed by atoms with Crippen LogP contribution in [0.5, 0.6) is 5.75 Å². The molecule has 11 heteroatoms. The number of nitrogens with one attached hydrogen (secondary N) is 1. The molecule has 274 valence electrons. The molecule has 2 unspecified atom stereocenters. The zero-order chi connectivity index (χ0) is 36.4. The number of rotatable bonds is 8. The molecule has 4 aromatic rings. The standard InChI is InChI=1S/C41H48N4O6S/c1-26-22-44(23-27(2)51-26)40(47)41-21-35(41)34-20-31(50-24-28-11-7-5-8-12-28)16-18-32(34)38-37(29-13-9-6-10-14-29)33-17-15-30(19-36(33)45(38)25-41)39(46)42-52(48,49)43(3)4/h5,7-8,11-12,15-20,26-27,29,35H,6,9-10,13-14,21-25H2,1-4H3,(H,42,46)/t26-,27+,35?,41?. The Hall–Kier alpha value is -4.19. The van der Waals surface area contributed by atoms with Gasteiger partial charge in [0.05, 0.1) is 23.3 Å². The molecule has 2 aliphatic carbocycles. The van der Waals surface area contributed by atoms with Crippen LogP contribution in [0, 0.1) is 5.41 Å². The van der Waals surface area contributed by atoms with Crippen molar-refractivity contribution in [1.29, 1.82) is 0 Å². The highest BCUT2D eigenvalue weighted by Crippen LogP contribution is 2.66. The highest BCUT2D eigenvalue weighted by atomic mass is 32.2. The monoisotopic (exact) mass is 724 g/mol. The van der Waals surface area contributed by atoms with Crippen molar-refractivity contribution in [3.63, 3.8) is 0 Å². The molecule has 0 spiro atoms. The molecule has 4 atom stereocenters. The van der Waals surface area contributed by atoms with Crippen LogP contribution in [0.4, 0.5) is 0 Å². The lowest BCUT2D eigenvalue weighted by molar-refractivity contribution is -0.149. The summed E-state index contributed by atoms with van der Waals surface area (Å²) in [4.78, 5) is 30.4. The first-order valence-electron chi connectivity index (χ1n) is 18.6. The summed E-state index contributed by atoms with van der Waals surface area (Å²) in [6, 6.07) is 22.0. The van der Waals surface area contributed by atoms with Crippen LogP contribution in [0.25, 0.3) is 22.2 Å². The Morgan fingerprint density at radius 1 is 0.962 bits per heavy atom. The second kappa shape index (κ2) is 13.3. The number of morpholine rings is 1. The fourth-order valence-electron chi connectivity index (χ4n) is 9.05. The van der Waals surface area contributed by atoms with Gasteiger partial charge in [0.15, 0.2) is 0 Å². The number of hydrogen-bond donors (Lipinski definition) is 1. The summed E-state index contributed by atoms with van der Waals surface area (Å²) >= 11 is 0. The van der Waals surface area contributed by atoms with Gasteiger partial charge in [-0.25, -0.2) is 4.72 Å². The van der Waals surface area contributed by atoms with Crippen molar-refractivity contribution in [2.45, 2.75) is 89.6 Å². The molecule has 1 N–H and O–H groups in total. The molecule has 3 fully saturated rings. The van der Waals surface area contributed by atoms with E-state index in [-0.39, 0.29) is 29.6 Å². The van der Waals surface area contributed by atoms with E-state index in [1.165, 1.54) is 26.1 Å². The SMILES string of the molecule is C[C@@H]1CN(C(=O)C23CC2c2cc(OCc4ccccc4)ccc2-c2c(C4CCCCC4)c4ccc(C(=O)NS(=O)(=O)N(C)C)cc4n2C3)C[C@H](C)O1. The minimum Gasteiger partial charge on any atom is -0.489 e. The summed E-state index contributed by atoms with van der Waals surface area (Å²) < 4.78 is 43.2. The Morgan fingerprint density at radius 3 is 2.40 bits per heavy atom. The van der Waals surface area contributed by atoms with Gasteiger partial charge in [-0.2, -0.15) is 12.7 Å². The Kier molecular flexibility index (Phi) is 8.95. The van der Waals surface area contributed by atoms with Crippen molar-refractivity contribution in [3.05, 3.63) is 89.0 Å². The number of carbonyl (C=O) groups excluding carboxylic acids is 2. The molecular weight excluding hydrogens is 677 g/mol. The number of nitrogens with zero attached hydrogens (tertiary/aromatic N) is 3. The third kappa shape index (κ3) is 6.20. The van der Waals surface area contributed by atoms with Gasteiger partial charge in [0, 0.05) is 61.7 Å². The molecule has 4 aliphatic rings. The number of fused-ring (bicyclic) bond motifs is 7. The highest BCUT2D eigenvalue weighted by Gasteiger charge is 2.64. The second-order valence-electron chi connectivity index (χ2n) is 15.5. The van der Waals surface area contributed by atoms with Gasteiger partial charge in [-0.15, -0.1) is 0 Å². The topological polar surface area (TPSA) is 110 Å². The van der Waals surface area contributed by atoms with Gasteiger partial charge < -0.3 is 18.9 Å². The van der Waals surface area contributed by atoms with Crippen molar-refractivity contribution in [2.24, 2.45) is 5.41 Å². The van der Waals surface area contributed by atoms with Gasteiger partial charge in [-0.3, -0.25) is 9.59 Å². The van der Waals surface area contributed by atoms with Gasteiger partial charge in [0.2, 0.25) is 5.91 Å². The van der Waals surface area contributed by atoms with Crippen LogP contribution in [0.1, 0.15) is 91.3 Å². The van der Waals surface area contributed by atoms with Crippen molar-refractivity contribution >= 4 is 32.9 Å². The van der Waals surface area contributed by atoms with Crippen LogP contribution in [-0.2, 0) is 32.9 Å². The van der Waals surface area contributed by atoms with Gasteiger partial charge in [-0.1, -0.05) is 55.7 Å². The number of ether oxygens (including phenoxy) is 2. The van der Waals surface area contributed by atoms with Crippen LogP contribution in [-0.4, -0.2) is 73.4 Å². The minimum atomic E-state index is -3.99. The van der Waals surface area contributed by atoms with E-state index in [1.54, 1.807) is 6.07 Å². The zero-order valence-electron chi connectivity index (χ0n) is 30.4. The lowest BCUT2D eigenvalue weighted by Gasteiger charge is -2.37. The summed E-state index contributed by atoms with van der Waals surface area (Å²) in [5, 5.41) is 1.06. The lowest BCUT2D eigenvalue weighted by atomic mass is 9.81. The minimum absolute atomic E-state index is 0.00500. The maximum atomic E-state index is 14.9. The van der Waals surface area contributed by atoms with Crippen LogP contribution >= 0.6 is 0 Å². The number of carbonyl (C=O) groups is 2. The molecule has 1 aromatic heterocycles. The average molecular weight is 725 g/mol. The molecule has 8 rings (SSSR count). The van der Waals surface area contributed by atoms with Gasteiger partial charge >= 0.3 is 10.2 Å². The Bertz CT molecular complexity index is 2130. The van der Waals surface area contributed by atoms with Gasteiger partial charge in [0.25, 0.3) is 5.91 Å². The number of aromatic nitrogens is 1. The average Bonchev–Trinajstić information content (AvgIpc) is 3.80. The normalized spacial score (nSPS) is 24.5.